The molecular weight excluding hydrogens is 328 g/mol. The highest BCUT2D eigenvalue weighted by atomic mass is 35.5. The van der Waals surface area contributed by atoms with Gasteiger partial charge in [-0.2, -0.15) is 0 Å². The van der Waals surface area contributed by atoms with Crippen LogP contribution in [0.2, 0.25) is 5.02 Å². The minimum atomic E-state index is 0.811. The molecule has 2 nitrogen and oxygen atoms in total. The van der Waals surface area contributed by atoms with Crippen LogP contribution in [0.3, 0.4) is 0 Å². The van der Waals surface area contributed by atoms with Crippen LogP contribution in [-0.4, -0.2) is 26.2 Å². The van der Waals surface area contributed by atoms with Crippen LogP contribution in [-0.2, 0) is 12.8 Å². The minimum Gasteiger partial charge on any atom is -0.316 e. The maximum Gasteiger partial charge on any atom is 0.0406 e. The largest absolute Gasteiger partial charge is 0.316 e. The lowest BCUT2D eigenvalue weighted by Crippen LogP contribution is -2.19. The molecule has 0 aromatic heterocycles. The lowest BCUT2D eigenvalue weighted by Gasteiger charge is -2.06. The van der Waals surface area contributed by atoms with Crippen LogP contribution in [0.1, 0.15) is 36.8 Å². The van der Waals surface area contributed by atoms with Crippen molar-refractivity contribution in [3.05, 3.63) is 70.7 Å². The molecule has 2 N–H and O–H groups in total. The van der Waals surface area contributed by atoms with Gasteiger partial charge in [0, 0.05) is 5.02 Å². The topological polar surface area (TPSA) is 24.1 Å². The van der Waals surface area contributed by atoms with E-state index in [2.05, 4.69) is 53.1 Å². The van der Waals surface area contributed by atoms with E-state index in [1.54, 1.807) is 0 Å². The zero-order valence-corrected chi connectivity index (χ0v) is 15.9. The van der Waals surface area contributed by atoms with Crippen LogP contribution < -0.4 is 10.6 Å². The Labute approximate surface area is 158 Å². The molecule has 2 rings (SSSR count). The van der Waals surface area contributed by atoms with E-state index in [1.807, 2.05) is 12.1 Å². The van der Waals surface area contributed by atoms with Gasteiger partial charge in [0.1, 0.15) is 0 Å². The van der Waals surface area contributed by atoms with Gasteiger partial charge in [0.25, 0.3) is 0 Å². The average molecular weight is 359 g/mol. The molecule has 0 spiro atoms. The monoisotopic (exact) mass is 358 g/mol. The summed E-state index contributed by atoms with van der Waals surface area (Å²) in [6.45, 7) is 4.38. The highest BCUT2D eigenvalue weighted by molar-refractivity contribution is 6.30. The second-order valence-electron chi connectivity index (χ2n) is 6.53. The first-order valence-electron chi connectivity index (χ1n) is 9.54. The molecule has 0 aliphatic rings. The second kappa shape index (κ2) is 12.9. The predicted octanol–water partition coefficient (Wildman–Crippen LogP) is 4.86. The Hall–Kier alpha value is -1.35. The van der Waals surface area contributed by atoms with Gasteiger partial charge < -0.3 is 10.6 Å². The van der Waals surface area contributed by atoms with Crippen LogP contribution in [0.25, 0.3) is 0 Å². The maximum absolute atomic E-state index is 5.89. The Morgan fingerprint density at radius 2 is 1.08 bits per heavy atom. The molecule has 0 aliphatic heterocycles. The summed E-state index contributed by atoms with van der Waals surface area (Å²) in [6, 6.07) is 18.8. The maximum atomic E-state index is 5.89. The molecule has 2 aromatic rings. The summed E-state index contributed by atoms with van der Waals surface area (Å²) in [6.07, 6.45) is 7.37. The van der Waals surface area contributed by atoms with Crippen LogP contribution >= 0.6 is 11.6 Å². The van der Waals surface area contributed by atoms with E-state index in [0.717, 1.165) is 44.0 Å². The van der Waals surface area contributed by atoms with E-state index in [-0.39, 0.29) is 0 Å². The molecule has 0 fully saturated rings. The lowest BCUT2D eigenvalue weighted by atomic mass is 10.1. The molecule has 2 aromatic carbocycles. The minimum absolute atomic E-state index is 0.811. The van der Waals surface area contributed by atoms with Crippen LogP contribution in [0, 0.1) is 0 Å². The number of hydrogen-bond donors (Lipinski definition) is 2. The number of hydrogen-bond acceptors (Lipinski definition) is 2. The molecule has 0 heterocycles. The molecule has 0 bridgehead atoms. The fraction of sp³-hybridized carbons (Fsp3) is 0.455. The van der Waals surface area contributed by atoms with Gasteiger partial charge in [-0.25, -0.2) is 0 Å². The second-order valence-corrected chi connectivity index (χ2v) is 6.96. The predicted molar refractivity (Wildman–Crippen MR) is 110 cm³/mol. The van der Waals surface area contributed by atoms with Crippen LogP contribution in [0.4, 0.5) is 0 Å². The molecule has 0 aliphatic carbocycles. The summed E-state index contributed by atoms with van der Waals surface area (Å²) in [5.41, 5.74) is 2.76. The third kappa shape index (κ3) is 9.64. The molecular formula is C22H31ClN2. The molecule has 0 amide bonds. The number of halogens is 1. The van der Waals surface area contributed by atoms with Crippen molar-refractivity contribution in [1.82, 2.24) is 10.6 Å². The van der Waals surface area contributed by atoms with E-state index in [1.165, 1.54) is 36.8 Å². The Balaban J connectivity index is 1.33. The SMILES string of the molecule is Clc1ccc(CCNCCCCCCNCCc2ccccc2)cc1. The van der Waals surface area contributed by atoms with Crippen molar-refractivity contribution >= 4 is 11.6 Å². The van der Waals surface area contributed by atoms with Crippen molar-refractivity contribution in [3.63, 3.8) is 0 Å². The van der Waals surface area contributed by atoms with Gasteiger partial charge in [-0.15, -0.1) is 0 Å². The lowest BCUT2D eigenvalue weighted by molar-refractivity contribution is 0.564. The first-order valence-corrected chi connectivity index (χ1v) is 9.92. The standard InChI is InChI=1S/C22H31ClN2/c23-22-12-10-21(11-13-22)15-19-25-17-7-2-1-6-16-24-18-14-20-8-4-3-5-9-20/h3-5,8-13,24-25H,1-2,6-7,14-19H2. The third-order valence-corrected chi connectivity index (χ3v) is 4.65. The van der Waals surface area contributed by atoms with Crippen molar-refractivity contribution in [2.75, 3.05) is 26.2 Å². The van der Waals surface area contributed by atoms with Crippen molar-refractivity contribution in [2.45, 2.75) is 38.5 Å². The molecule has 3 heteroatoms. The Bertz CT molecular complexity index is 554. The van der Waals surface area contributed by atoms with Gasteiger partial charge in [-0.05, 0) is 75.1 Å². The first kappa shape index (κ1) is 20.0. The number of rotatable bonds is 13. The summed E-state index contributed by atoms with van der Waals surface area (Å²) >= 11 is 5.89. The summed E-state index contributed by atoms with van der Waals surface area (Å²) in [5, 5.41) is 7.88. The molecule has 0 radical (unpaired) electrons. The Morgan fingerprint density at radius 1 is 0.560 bits per heavy atom. The van der Waals surface area contributed by atoms with Gasteiger partial charge in [0.15, 0.2) is 0 Å². The molecule has 0 atom stereocenters. The fourth-order valence-electron chi connectivity index (χ4n) is 2.86. The smallest absolute Gasteiger partial charge is 0.0406 e. The van der Waals surface area contributed by atoms with Gasteiger partial charge >= 0.3 is 0 Å². The number of benzene rings is 2. The zero-order chi connectivity index (χ0) is 17.6. The first-order chi connectivity index (χ1) is 12.3. The van der Waals surface area contributed by atoms with E-state index in [0.29, 0.717) is 0 Å². The molecule has 0 saturated carbocycles. The van der Waals surface area contributed by atoms with Gasteiger partial charge in [-0.3, -0.25) is 0 Å². The Morgan fingerprint density at radius 3 is 1.64 bits per heavy atom. The van der Waals surface area contributed by atoms with E-state index < -0.39 is 0 Å². The van der Waals surface area contributed by atoms with Gasteiger partial charge in [0.2, 0.25) is 0 Å². The van der Waals surface area contributed by atoms with Gasteiger partial charge in [-0.1, -0.05) is 66.9 Å². The van der Waals surface area contributed by atoms with Crippen molar-refractivity contribution < 1.29 is 0 Å². The molecule has 0 unspecified atom stereocenters. The summed E-state index contributed by atoms with van der Waals surface area (Å²) in [4.78, 5) is 0. The molecule has 25 heavy (non-hydrogen) atoms. The highest BCUT2D eigenvalue weighted by Gasteiger charge is 1.95. The summed E-state index contributed by atoms with van der Waals surface area (Å²) < 4.78 is 0. The molecule has 0 saturated heterocycles. The van der Waals surface area contributed by atoms with E-state index >= 15 is 0 Å². The van der Waals surface area contributed by atoms with E-state index in [4.69, 9.17) is 11.6 Å². The fourth-order valence-corrected chi connectivity index (χ4v) is 2.99. The van der Waals surface area contributed by atoms with Crippen molar-refractivity contribution in [1.29, 1.82) is 0 Å². The number of unbranched alkanes of at least 4 members (excludes halogenated alkanes) is 3. The summed E-state index contributed by atoms with van der Waals surface area (Å²) in [7, 11) is 0. The quantitative estimate of drug-likeness (QED) is 0.499. The number of nitrogens with one attached hydrogen (secondary N) is 2. The Kier molecular flexibility index (Phi) is 10.3. The van der Waals surface area contributed by atoms with Gasteiger partial charge in [0.05, 0.1) is 0 Å². The molecule has 136 valence electrons. The van der Waals surface area contributed by atoms with Crippen LogP contribution in [0.15, 0.2) is 54.6 Å². The van der Waals surface area contributed by atoms with E-state index in [9.17, 15) is 0 Å². The average Bonchev–Trinajstić information content (AvgIpc) is 2.65. The van der Waals surface area contributed by atoms with Crippen LogP contribution in [0.5, 0.6) is 0 Å². The third-order valence-electron chi connectivity index (χ3n) is 4.39. The summed E-state index contributed by atoms with van der Waals surface area (Å²) in [5.74, 6) is 0. The normalized spacial score (nSPS) is 10.9. The zero-order valence-electron chi connectivity index (χ0n) is 15.1. The highest BCUT2D eigenvalue weighted by Crippen LogP contribution is 2.09. The van der Waals surface area contributed by atoms with Crippen molar-refractivity contribution in [2.24, 2.45) is 0 Å². The van der Waals surface area contributed by atoms with Crippen molar-refractivity contribution in [3.8, 4) is 0 Å².